The van der Waals surface area contributed by atoms with Crippen LogP contribution in [0.25, 0.3) is 12.2 Å². The van der Waals surface area contributed by atoms with Gasteiger partial charge in [0.25, 0.3) is 0 Å². The highest BCUT2D eigenvalue weighted by Crippen LogP contribution is 2.30. The average molecular weight is 1410 g/mol. The molecular weight excluding hydrogens is 1310 g/mol. The van der Waals surface area contributed by atoms with Crippen LogP contribution in [0.1, 0.15) is 98.3 Å². The second-order valence-electron chi connectivity index (χ2n) is 25.9. The van der Waals surface area contributed by atoms with Gasteiger partial charge in [-0.3, -0.25) is 47.9 Å². The van der Waals surface area contributed by atoms with Crippen molar-refractivity contribution in [2.24, 2.45) is 29.4 Å². The van der Waals surface area contributed by atoms with E-state index in [-0.39, 0.29) is 31.8 Å². The number of ether oxygens (including phenoxy) is 5. The van der Waals surface area contributed by atoms with Gasteiger partial charge in [-0.2, -0.15) is 0 Å². The Labute approximate surface area is 578 Å². The van der Waals surface area contributed by atoms with Crippen molar-refractivity contribution in [1.29, 1.82) is 0 Å². The van der Waals surface area contributed by atoms with Crippen LogP contribution in [0.4, 0.5) is 0 Å². The van der Waals surface area contributed by atoms with Crippen LogP contribution in [-0.2, 0) is 82.8 Å². The van der Waals surface area contributed by atoms with E-state index >= 15 is 0 Å². The number of carbonyl (C=O) groups excluding carboxylic acids is 11. The molecular formula is C67H98N10O23. The number of aliphatic hydroxyl groups is 7. The van der Waals surface area contributed by atoms with Gasteiger partial charge >= 0.3 is 5.97 Å². The smallest absolute Gasteiger partial charge is 0.328 e. The predicted molar refractivity (Wildman–Crippen MR) is 354 cm³/mol. The van der Waals surface area contributed by atoms with Crippen LogP contribution in [0.3, 0.4) is 0 Å². The number of rotatable bonds is 21. The van der Waals surface area contributed by atoms with Crippen molar-refractivity contribution in [3.05, 3.63) is 83.4 Å². The standard InChI is InChI=1S/C67H98N10O23/c1-10-35(8)51-63(93)71-40(26-37-17-12-11-13-18-37)59(89)76-49(33(4)5)61(91)70-28-47(82)69-29-48(83)75-50(34(6)7)62(92)73-42(25-32(2)3)65(95)97-36(9)52(64(94)72-41(27-45(68)80)60(90)77-51)74-46(81)23-22-39-20-15-14-19-38(39)21-16-24-96-67-58(56(87)54(85)44(31-79)99-67)100-66-57(88)55(86)53(84)43(30-78)98-66/h11-23,32-36,40-44,49-58,66-67,78-79,84-88H,10,24-31H2,1-9H3,(H2,68,80)(H,69,82)(H,70,91)(H,71,93)(H,72,94)(H,73,92)(H,74,81)(H,75,83)(H,76,89)(H,77,90)/b21-16+,23-22+/t35-,36+,40-,41+,42-,43+,44+,49+,50+,51+,52+,53+,54+,55?,56-,57+,58+,66-,67+/m0/s1. The lowest BCUT2D eigenvalue weighted by atomic mass is 9.96. The van der Waals surface area contributed by atoms with Crippen molar-refractivity contribution in [2.45, 2.75) is 198 Å². The van der Waals surface area contributed by atoms with Crippen molar-refractivity contribution >= 4 is 77.2 Å². The fourth-order valence-electron chi connectivity index (χ4n) is 10.9. The highest BCUT2D eigenvalue weighted by molar-refractivity contribution is 6.00. The molecule has 2 aromatic carbocycles. The SMILES string of the molecule is CC[C@H](C)[C@H]1NC(=O)[C@@H](CC(N)=O)NC(=O)[C@H](NC(=O)/C=C/c2ccccc2/C=C/CO[C@@H]2O[C@H](CO)[C@@H](O)[C@H](O)[C@H]2O[C@@H]2O[C@H](CO)[C@@H](O)C(O)[C@H]2O)[C@@H](C)OC(=O)[C@H](CC(C)C)NC(=O)[C@@H](C(C)C)NC(=O)CNC(=O)CNC(=O)[C@@H](C(C)C)NC(=O)[C@H](Cc2ccccc2)NC1=O. The van der Waals surface area contributed by atoms with Gasteiger partial charge in [0.1, 0.15) is 97.2 Å². The van der Waals surface area contributed by atoms with E-state index in [1.54, 1.807) is 110 Å². The molecule has 2 aromatic rings. The fourth-order valence-corrected chi connectivity index (χ4v) is 10.9. The first-order valence-electron chi connectivity index (χ1n) is 33.1. The second-order valence-corrected chi connectivity index (χ2v) is 25.9. The molecule has 0 aliphatic carbocycles. The monoisotopic (exact) mass is 1410 g/mol. The maximum atomic E-state index is 14.8. The first kappa shape index (κ1) is 82.3. The zero-order chi connectivity index (χ0) is 74.2. The number of carbonyl (C=O) groups is 11. The second kappa shape index (κ2) is 39.6. The zero-order valence-corrected chi connectivity index (χ0v) is 57.3. The molecule has 3 saturated heterocycles. The van der Waals surface area contributed by atoms with E-state index in [2.05, 4.69) is 47.9 Å². The van der Waals surface area contributed by atoms with Gasteiger partial charge < -0.3 is 113 Å². The largest absolute Gasteiger partial charge is 0.458 e. The maximum absolute atomic E-state index is 14.8. The van der Waals surface area contributed by atoms with Crippen molar-refractivity contribution in [3.63, 3.8) is 0 Å². The number of benzene rings is 2. The van der Waals surface area contributed by atoms with E-state index in [9.17, 15) is 88.5 Å². The Morgan fingerprint density at radius 2 is 1.15 bits per heavy atom. The molecule has 3 aliphatic heterocycles. The number of hydrogen-bond acceptors (Lipinski definition) is 23. The van der Waals surface area contributed by atoms with Gasteiger partial charge in [-0.05, 0) is 59.8 Å². The van der Waals surface area contributed by atoms with Gasteiger partial charge in [0.05, 0.1) is 39.3 Å². The third-order valence-corrected chi connectivity index (χ3v) is 16.8. The Hall–Kier alpha value is -8.35. The summed E-state index contributed by atoms with van der Waals surface area (Å²) >= 11 is 0. The van der Waals surface area contributed by atoms with Crippen molar-refractivity contribution in [3.8, 4) is 0 Å². The summed E-state index contributed by atoms with van der Waals surface area (Å²) < 4.78 is 28.6. The van der Waals surface area contributed by atoms with Crippen LogP contribution in [0.15, 0.2) is 66.7 Å². The van der Waals surface area contributed by atoms with Crippen molar-refractivity contribution < 1.29 is 112 Å². The summed E-state index contributed by atoms with van der Waals surface area (Å²) in [5.74, 6) is -12.9. The molecule has 19 atom stereocenters. The number of nitrogens with two attached hydrogens (primary N) is 1. The fraction of sp³-hybridized carbons (Fsp3) is 0.597. The Bertz CT molecular complexity index is 3170. The van der Waals surface area contributed by atoms with Crippen LogP contribution in [0.2, 0.25) is 0 Å². The van der Waals surface area contributed by atoms with Crippen molar-refractivity contribution in [1.82, 2.24) is 47.9 Å². The minimum atomic E-state index is -1.94. The van der Waals surface area contributed by atoms with Crippen LogP contribution >= 0.6 is 0 Å². The normalized spacial score (nSPS) is 30.6. The predicted octanol–water partition coefficient (Wildman–Crippen LogP) is -4.55. The molecule has 3 heterocycles. The molecule has 1 unspecified atom stereocenters. The number of esters is 1. The number of primary amides is 1. The quantitative estimate of drug-likeness (QED) is 0.0413. The summed E-state index contributed by atoms with van der Waals surface area (Å²) in [5.41, 5.74) is 7.04. The molecule has 100 heavy (non-hydrogen) atoms. The number of amides is 10. The molecule has 0 spiro atoms. The Morgan fingerprint density at radius 1 is 0.610 bits per heavy atom. The minimum absolute atomic E-state index is 0.0732. The first-order chi connectivity index (χ1) is 47.3. The first-order valence-corrected chi connectivity index (χ1v) is 33.1. The third kappa shape index (κ3) is 24.2. The molecule has 0 saturated carbocycles. The summed E-state index contributed by atoms with van der Waals surface area (Å²) in [6.07, 6.45) is -14.2. The van der Waals surface area contributed by atoms with E-state index in [1.807, 2.05) is 0 Å². The highest BCUT2D eigenvalue weighted by atomic mass is 16.8. The third-order valence-electron chi connectivity index (χ3n) is 16.8. The molecule has 3 aliphatic rings. The lowest BCUT2D eigenvalue weighted by Gasteiger charge is -2.45. The Balaban J connectivity index is 1.50. The summed E-state index contributed by atoms with van der Waals surface area (Å²) in [4.78, 5) is 154. The van der Waals surface area contributed by atoms with Crippen LogP contribution in [-0.4, -0.2) is 244 Å². The Kier molecular flexibility index (Phi) is 32.6. The average Bonchev–Trinajstić information content (AvgIpc) is 0.790. The van der Waals surface area contributed by atoms with Gasteiger partial charge in [-0.25, -0.2) is 4.79 Å². The van der Waals surface area contributed by atoms with Gasteiger partial charge in [0.2, 0.25) is 59.1 Å². The molecule has 3 fully saturated rings. The minimum Gasteiger partial charge on any atom is -0.458 e. The van der Waals surface area contributed by atoms with Crippen LogP contribution in [0, 0.1) is 23.7 Å². The van der Waals surface area contributed by atoms with E-state index in [0.717, 1.165) is 6.08 Å². The summed E-state index contributed by atoms with van der Waals surface area (Å²) in [6, 6.07) is 4.14. The number of aliphatic hydroxyl groups excluding tert-OH is 7. The molecule has 0 aromatic heterocycles. The van der Waals surface area contributed by atoms with Crippen LogP contribution in [0.5, 0.6) is 0 Å². The molecule has 33 nitrogen and oxygen atoms in total. The van der Waals surface area contributed by atoms with Gasteiger partial charge in [0.15, 0.2) is 12.6 Å². The van der Waals surface area contributed by atoms with E-state index in [1.165, 1.54) is 25.2 Å². The lowest BCUT2D eigenvalue weighted by molar-refractivity contribution is -0.366. The molecule has 33 heteroatoms. The molecule has 554 valence electrons. The van der Waals surface area contributed by atoms with Crippen molar-refractivity contribution in [2.75, 3.05) is 32.9 Å². The number of hydrogen-bond donors (Lipinski definition) is 17. The topological polar surface area (TPSA) is 510 Å². The zero-order valence-electron chi connectivity index (χ0n) is 57.3. The summed E-state index contributed by atoms with van der Waals surface area (Å²) in [7, 11) is 0. The molecule has 10 amide bonds. The maximum Gasteiger partial charge on any atom is 0.328 e. The number of cyclic esters (lactones) is 1. The summed E-state index contributed by atoms with van der Waals surface area (Å²) in [5, 5.41) is 95.5. The molecule has 5 rings (SSSR count). The number of nitrogens with one attached hydrogen (secondary N) is 9. The highest BCUT2D eigenvalue weighted by Gasteiger charge is 2.51. The van der Waals surface area contributed by atoms with Gasteiger partial charge in [-0.15, -0.1) is 0 Å². The molecule has 0 bridgehead atoms. The van der Waals surface area contributed by atoms with E-state index in [0.29, 0.717) is 16.7 Å². The van der Waals surface area contributed by atoms with Gasteiger partial charge in [0, 0.05) is 12.5 Å². The summed E-state index contributed by atoms with van der Waals surface area (Å²) in [6.45, 7) is 11.2. The van der Waals surface area contributed by atoms with Crippen LogP contribution < -0.4 is 53.6 Å². The lowest BCUT2D eigenvalue weighted by Crippen LogP contribution is -2.64. The Morgan fingerprint density at radius 3 is 1.75 bits per heavy atom. The molecule has 0 radical (unpaired) electrons. The molecule has 18 N–H and O–H groups in total. The van der Waals surface area contributed by atoms with Gasteiger partial charge in [-0.1, -0.05) is 129 Å². The van der Waals surface area contributed by atoms with E-state index < -0.39 is 225 Å². The van der Waals surface area contributed by atoms with E-state index in [4.69, 9.17) is 29.4 Å².